The van der Waals surface area contributed by atoms with Gasteiger partial charge in [-0.15, -0.1) is 11.3 Å². The summed E-state index contributed by atoms with van der Waals surface area (Å²) in [5.74, 6) is 0.888. The number of hydrogen-bond acceptors (Lipinski definition) is 4. The van der Waals surface area contributed by atoms with Crippen LogP contribution in [0.3, 0.4) is 0 Å². The van der Waals surface area contributed by atoms with Gasteiger partial charge in [0.2, 0.25) is 5.78 Å². The van der Waals surface area contributed by atoms with E-state index in [4.69, 9.17) is 21.1 Å². The highest BCUT2D eigenvalue weighted by atomic mass is 35.5. The Balaban J connectivity index is 2.47. The number of benzene rings is 1. The Bertz CT molecular complexity index is 619. The highest BCUT2D eigenvalue weighted by Gasteiger charge is 2.18. The smallest absolute Gasteiger partial charge is 0.204 e. The lowest BCUT2D eigenvalue weighted by molar-refractivity contribution is 0.104. The van der Waals surface area contributed by atoms with Gasteiger partial charge in [0.25, 0.3) is 0 Å². The van der Waals surface area contributed by atoms with Crippen LogP contribution in [-0.4, -0.2) is 20.0 Å². The van der Waals surface area contributed by atoms with Crippen molar-refractivity contribution in [3.63, 3.8) is 0 Å². The Morgan fingerprint density at radius 3 is 2.32 bits per heavy atom. The normalized spacial score (nSPS) is 10.3. The number of carbonyl (C=O) groups is 1. The predicted molar refractivity (Wildman–Crippen MR) is 77.0 cm³/mol. The molecule has 5 heteroatoms. The molecule has 0 saturated heterocycles. The Hall–Kier alpha value is -1.52. The summed E-state index contributed by atoms with van der Waals surface area (Å²) in [6.07, 6.45) is 0. The van der Waals surface area contributed by atoms with Gasteiger partial charge in [0.1, 0.15) is 0 Å². The van der Waals surface area contributed by atoms with Gasteiger partial charge in [-0.3, -0.25) is 4.79 Å². The minimum Gasteiger partial charge on any atom is -0.493 e. The van der Waals surface area contributed by atoms with Gasteiger partial charge < -0.3 is 9.47 Å². The zero-order chi connectivity index (χ0) is 14.0. The number of methoxy groups -OCH3 is 2. The van der Waals surface area contributed by atoms with Gasteiger partial charge in [-0.1, -0.05) is 11.6 Å². The maximum atomic E-state index is 12.4. The molecule has 0 unspecified atom stereocenters. The molecular formula is C14H13ClO3S. The molecule has 100 valence electrons. The molecule has 3 nitrogen and oxygen atoms in total. The minimum atomic E-state index is -0.107. The van der Waals surface area contributed by atoms with Crippen molar-refractivity contribution in [3.05, 3.63) is 44.6 Å². The maximum Gasteiger partial charge on any atom is 0.204 e. The molecule has 2 rings (SSSR count). The fourth-order valence-electron chi connectivity index (χ4n) is 1.72. The van der Waals surface area contributed by atoms with E-state index < -0.39 is 0 Å². The van der Waals surface area contributed by atoms with E-state index in [0.29, 0.717) is 27.0 Å². The first-order chi connectivity index (χ1) is 9.06. The average Bonchev–Trinajstić information content (AvgIpc) is 2.84. The van der Waals surface area contributed by atoms with E-state index in [1.807, 2.05) is 13.0 Å². The molecule has 2 aromatic rings. The summed E-state index contributed by atoms with van der Waals surface area (Å²) in [7, 11) is 3.05. The Labute approximate surface area is 120 Å². The molecular weight excluding hydrogens is 284 g/mol. The molecule has 0 bridgehead atoms. The van der Waals surface area contributed by atoms with Crippen molar-refractivity contribution >= 4 is 28.7 Å². The van der Waals surface area contributed by atoms with Crippen molar-refractivity contribution in [2.75, 3.05) is 14.2 Å². The third-order valence-electron chi connectivity index (χ3n) is 2.68. The van der Waals surface area contributed by atoms with E-state index in [2.05, 4.69) is 0 Å². The molecule has 0 aliphatic heterocycles. The van der Waals surface area contributed by atoms with E-state index in [1.54, 1.807) is 18.2 Å². The Morgan fingerprint density at radius 2 is 1.79 bits per heavy atom. The number of ketones is 1. The fraction of sp³-hybridized carbons (Fsp3) is 0.214. The quantitative estimate of drug-likeness (QED) is 0.801. The first-order valence-corrected chi connectivity index (χ1v) is 6.79. The van der Waals surface area contributed by atoms with Crippen LogP contribution in [0.1, 0.15) is 20.1 Å². The van der Waals surface area contributed by atoms with Crippen molar-refractivity contribution in [1.82, 2.24) is 0 Å². The second-order valence-corrected chi connectivity index (χ2v) is 5.62. The van der Waals surface area contributed by atoms with Crippen LogP contribution >= 0.6 is 22.9 Å². The van der Waals surface area contributed by atoms with Gasteiger partial charge in [-0.2, -0.15) is 0 Å². The standard InChI is InChI=1S/C14H13ClO3S/c1-8-4-5-13(19-8)14(16)9-6-11(17-2)12(18-3)7-10(9)15/h4-7H,1-3H3. The fourth-order valence-corrected chi connectivity index (χ4v) is 2.78. The van der Waals surface area contributed by atoms with Gasteiger partial charge in [-0.25, -0.2) is 0 Å². The van der Waals surface area contributed by atoms with Crippen LogP contribution in [0, 0.1) is 6.92 Å². The largest absolute Gasteiger partial charge is 0.493 e. The second-order valence-electron chi connectivity index (χ2n) is 3.93. The molecule has 1 aromatic carbocycles. The minimum absolute atomic E-state index is 0.107. The van der Waals surface area contributed by atoms with Gasteiger partial charge in [-0.05, 0) is 25.1 Å². The SMILES string of the molecule is COc1cc(Cl)c(C(=O)c2ccc(C)s2)cc1OC. The van der Waals surface area contributed by atoms with Gasteiger partial charge >= 0.3 is 0 Å². The number of carbonyl (C=O) groups excluding carboxylic acids is 1. The van der Waals surface area contributed by atoms with Gasteiger partial charge in [0, 0.05) is 16.5 Å². The molecule has 19 heavy (non-hydrogen) atoms. The van der Waals surface area contributed by atoms with Crippen molar-refractivity contribution in [1.29, 1.82) is 0 Å². The lowest BCUT2D eigenvalue weighted by Crippen LogP contribution is -2.01. The summed E-state index contributed by atoms with van der Waals surface area (Å²) in [5.41, 5.74) is 0.418. The summed E-state index contributed by atoms with van der Waals surface area (Å²) < 4.78 is 10.3. The summed E-state index contributed by atoms with van der Waals surface area (Å²) in [4.78, 5) is 14.1. The molecule has 0 amide bonds. The molecule has 0 atom stereocenters. The van der Waals surface area contributed by atoms with E-state index in [-0.39, 0.29) is 5.78 Å². The maximum absolute atomic E-state index is 12.4. The van der Waals surface area contributed by atoms with Crippen LogP contribution < -0.4 is 9.47 Å². The zero-order valence-corrected chi connectivity index (χ0v) is 12.4. The molecule has 0 spiro atoms. The van der Waals surface area contributed by atoms with Crippen LogP contribution in [0.25, 0.3) is 0 Å². The van der Waals surface area contributed by atoms with E-state index >= 15 is 0 Å². The number of rotatable bonds is 4. The number of aryl methyl sites for hydroxylation is 1. The molecule has 0 aliphatic carbocycles. The first-order valence-electron chi connectivity index (χ1n) is 5.59. The van der Waals surface area contributed by atoms with Crippen molar-refractivity contribution in [3.8, 4) is 11.5 Å². The highest BCUT2D eigenvalue weighted by Crippen LogP contribution is 2.34. The highest BCUT2D eigenvalue weighted by molar-refractivity contribution is 7.14. The average molecular weight is 297 g/mol. The van der Waals surface area contributed by atoms with E-state index in [1.165, 1.54) is 25.6 Å². The number of hydrogen-bond donors (Lipinski definition) is 0. The first kappa shape index (κ1) is 13.9. The third kappa shape index (κ3) is 2.74. The third-order valence-corrected chi connectivity index (χ3v) is 3.99. The molecule has 1 aromatic heterocycles. The number of thiophene rings is 1. The van der Waals surface area contributed by atoms with Gasteiger partial charge in [0.05, 0.1) is 24.1 Å². The molecule has 0 N–H and O–H groups in total. The predicted octanol–water partition coefficient (Wildman–Crippen LogP) is 3.96. The van der Waals surface area contributed by atoms with Crippen LogP contribution in [0.5, 0.6) is 11.5 Å². The lowest BCUT2D eigenvalue weighted by atomic mass is 10.1. The summed E-state index contributed by atoms with van der Waals surface area (Å²) >= 11 is 7.58. The van der Waals surface area contributed by atoms with Crippen LogP contribution in [0.15, 0.2) is 24.3 Å². The van der Waals surface area contributed by atoms with Gasteiger partial charge in [0.15, 0.2) is 11.5 Å². The zero-order valence-electron chi connectivity index (χ0n) is 10.8. The van der Waals surface area contributed by atoms with Crippen LogP contribution in [0.4, 0.5) is 0 Å². The van der Waals surface area contributed by atoms with Crippen molar-refractivity contribution < 1.29 is 14.3 Å². The van der Waals surface area contributed by atoms with Crippen molar-refractivity contribution in [2.45, 2.75) is 6.92 Å². The monoisotopic (exact) mass is 296 g/mol. The topological polar surface area (TPSA) is 35.5 Å². The summed E-state index contributed by atoms with van der Waals surface area (Å²) in [5, 5.41) is 0.355. The van der Waals surface area contributed by atoms with E-state index in [9.17, 15) is 4.79 Å². The molecule has 0 fully saturated rings. The lowest BCUT2D eigenvalue weighted by Gasteiger charge is -2.10. The Kier molecular flexibility index (Phi) is 4.12. The molecule has 1 heterocycles. The van der Waals surface area contributed by atoms with Crippen LogP contribution in [-0.2, 0) is 0 Å². The molecule has 0 saturated carbocycles. The Morgan fingerprint density at radius 1 is 1.16 bits per heavy atom. The number of ether oxygens (including phenoxy) is 2. The molecule has 0 aliphatic rings. The summed E-state index contributed by atoms with van der Waals surface area (Å²) in [6.45, 7) is 1.96. The number of halogens is 1. The molecule has 0 radical (unpaired) electrons. The van der Waals surface area contributed by atoms with Crippen molar-refractivity contribution in [2.24, 2.45) is 0 Å². The van der Waals surface area contributed by atoms with E-state index in [0.717, 1.165) is 4.88 Å². The second kappa shape index (κ2) is 5.63. The summed E-state index contributed by atoms with van der Waals surface area (Å²) in [6, 6.07) is 6.91. The van der Waals surface area contributed by atoms with Crippen LogP contribution in [0.2, 0.25) is 5.02 Å².